The zero-order chi connectivity index (χ0) is 33.5. The molecule has 11 rings (SSSR count). The van der Waals surface area contributed by atoms with Crippen molar-refractivity contribution in [1.82, 2.24) is 0 Å². The third-order valence-electron chi connectivity index (χ3n) is 10.4. The molecule has 0 saturated carbocycles. The maximum atomic E-state index is 6.66. The van der Waals surface area contributed by atoms with Crippen LogP contribution in [0.3, 0.4) is 0 Å². The van der Waals surface area contributed by atoms with E-state index in [4.69, 9.17) is 8.83 Å². The van der Waals surface area contributed by atoms with Crippen LogP contribution in [-0.2, 0) is 0 Å². The number of anilines is 3. The van der Waals surface area contributed by atoms with E-state index in [-0.39, 0.29) is 0 Å². The molecule has 9 aromatic carbocycles. The van der Waals surface area contributed by atoms with E-state index in [1.165, 1.54) is 32.7 Å². The van der Waals surface area contributed by atoms with Gasteiger partial charge in [-0.25, -0.2) is 0 Å². The number of fused-ring (bicyclic) bond motifs is 11. The minimum atomic E-state index is 0.859. The summed E-state index contributed by atoms with van der Waals surface area (Å²) in [5.41, 5.74) is 9.08. The van der Waals surface area contributed by atoms with Gasteiger partial charge in [-0.15, -0.1) is 0 Å². The molecule has 0 fully saturated rings. The molecule has 51 heavy (non-hydrogen) atoms. The van der Waals surface area contributed by atoms with Gasteiger partial charge in [0.2, 0.25) is 0 Å². The fourth-order valence-corrected chi connectivity index (χ4v) is 8.08. The number of hydrogen-bond acceptors (Lipinski definition) is 3. The van der Waals surface area contributed by atoms with Gasteiger partial charge in [-0.05, 0) is 98.7 Å². The summed E-state index contributed by atoms with van der Waals surface area (Å²) in [6.07, 6.45) is 0. The van der Waals surface area contributed by atoms with E-state index in [0.717, 1.165) is 71.7 Å². The van der Waals surface area contributed by atoms with Crippen LogP contribution in [-0.4, -0.2) is 0 Å². The van der Waals surface area contributed by atoms with Crippen molar-refractivity contribution in [2.75, 3.05) is 4.90 Å². The Morgan fingerprint density at radius 2 is 1.02 bits per heavy atom. The zero-order valence-electron chi connectivity index (χ0n) is 27.5. The molecule has 238 valence electrons. The summed E-state index contributed by atoms with van der Waals surface area (Å²) in [5, 5.41) is 11.7. The Balaban J connectivity index is 1.15. The van der Waals surface area contributed by atoms with E-state index in [9.17, 15) is 0 Å². The van der Waals surface area contributed by atoms with E-state index in [1.54, 1.807) is 0 Å². The molecule has 0 amide bonds. The molecule has 0 aliphatic carbocycles. The Hall–Kier alpha value is -6.84. The number of furan rings is 2. The van der Waals surface area contributed by atoms with Crippen LogP contribution in [0, 0.1) is 0 Å². The van der Waals surface area contributed by atoms with Crippen molar-refractivity contribution >= 4 is 93.3 Å². The highest BCUT2D eigenvalue weighted by molar-refractivity contribution is 6.20. The van der Waals surface area contributed by atoms with E-state index in [1.807, 2.05) is 12.1 Å². The standard InChI is InChI=1S/C48H29NO2/c1-4-13-36-30(10-1)22-26-40-47-43(17-9-19-46(47)51-48(36)40)49(34-25-27-45-42(29-34)39-16-7-8-18-44(39)50-45)33-23-20-31(21-24-33)41-28-32-11-2-3-12-35(32)37-14-5-6-15-38(37)41/h1-29H. The van der Waals surface area contributed by atoms with Gasteiger partial charge >= 0.3 is 0 Å². The number of nitrogens with zero attached hydrogens (tertiary/aromatic N) is 1. The summed E-state index contributed by atoms with van der Waals surface area (Å²) in [4.78, 5) is 2.36. The van der Waals surface area contributed by atoms with E-state index < -0.39 is 0 Å². The maximum Gasteiger partial charge on any atom is 0.143 e. The molecule has 2 heterocycles. The lowest BCUT2D eigenvalue weighted by Crippen LogP contribution is -2.10. The molecule has 0 aliphatic rings. The van der Waals surface area contributed by atoms with Gasteiger partial charge in [0.15, 0.2) is 0 Å². The van der Waals surface area contributed by atoms with Gasteiger partial charge in [0, 0.05) is 32.9 Å². The molecule has 11 aromatic rings. The molecule has 3 heteroatoms. The average Bonchev–Trinajstić information content (AvgIpc) is 3.77. The second kappa shape index (κ2) is 10.8. The molecular weight excluding hydrogens is 623 g/mol. The molecule has 0 aliphatic heterocycles. The van der Waals surface area contributed by atoms with Crippen LogP contribution >= 0.6 is 0 Å². The van der Waals surface area contributed by atoms with Crippen molar-refractivity contribution < 1.29 is 8.83 Å². The first-order valence-electron chi connectivity index (χ1n) is 17.3. The molecule has 0 saturated heterocycles. The molecule has 0 N–H and O–H groups in total. The van der Waals surface area contributed by atoms with Crippen LogP contribution in [0.4, 0.5) is 17.1 Å². The minimum absolute atomic E-state index is 0.859. The Morgan fingerprint density at radius 1 is 0.353 bits per heavy atom. The monoisotopic (exact) mass is 651 g/mol. The summed E-state index contributed by atoms with van der Waals surface area (Å²) >= 11 is 0. The highest BCUT2D eigenvalue weighted by Crippen LogP contribution is 2.46. The normalized spacial score (nSPS) is 11.9. The Bertz CT molecular complexity index is 3150. The molecule has 0 radical (unpaired) electrons. The second-order valence-electron chi connectivity index (χ2n) is 13.3. The zero-order valence-corrected chi connectivity index (χ0v) is 27.5. The van der Waals surface area contributed by atoms with Crippen molar-refractivity contribution in [3.63, 3.8) is 0 Å². The van der Waals surface area contributed by atoms with Crippen molar-refractivity contribution in [2.45, 2.75) is 0 Å². The van der Waals surface area contributed by atoms with Crippen LogP contribution in [0.15, 0.2) is 185 Å². The summed E-state index contributed by atoms with van der Waals surface area (Å²) in [7, 11) is 0. The smallest absolute Gasteiger partial charge is 0.143 e. The number of hydrogen-bond donors (Lipinski definition) is 0. The SMILES string of the molecule is c1ccc2c(c1)cc(-c1ccc(N(c3ccc4oc5ccccc5c4c3)c3cccc4oc5c6ccccc6ccc5c34)cc1)c1ccccc12. The van der Waals surface area contributed by atoms with Crippen LogP contribution < -0.4 is 4.90 Å². The Labute approximate surface area is 293 Å². The van der Waals surface area contributed by atoms with Crippen LogP contribution in [0.5, 0.6) is 0 Å². The van der Waals surface area contributed by atoms with Gasteiger partial charge in [-0.2, -0.15) is 0 Å². The average molecular weight is 652 g/mol. The number of benzene rings is 9. The van der Waals surface area contributed by atoms with Crippen LogP contribution in [0.2, 0.25) is 0 Å². The third-order valence-corrected chi connectivity index (χ3v) is 10.4. The predicted molar refractivity (Wildman–Crippen MR) is 214 cm³/mol. The Morgan fingerprint density at radius 3 is 1.88 bits per heavy atom. The van der Waals surface area contributed by atoms with E-state index in [2.05, 4.69) is 169 Å². The lowest BCUT2D eigenvalue weighted by molar-refractivity contribution is 0.669. The van der Waals surface area contributed by atoms with Crippen LogP contribution in [0.25, 0.3) is 87.3 Å². The van der Waals surface area contributed by atoms with Gasteiger partial charge in [0.1, 0.15) is 22.3 Å². The van der Waals surface area contributed by atoms with E-state index >= 15 is 0 Å². The predicted octanol–water partition coefficient (Wildman–Crippen LogP) is 14.1. The molecule has 0 atom stereocenters. The summed E-state index contributed by atoms with van der Waals surface area (Å²) in [6.45, 7) is 0. The summed E-state index contributed by atoms with van der Waals surface area (Å²) in [6, 6.07) is 62.7. The topological polar surface area (TPSA) is 29.5 Å². The summed E-state index contributed by atoms with van der Waals surface area (Å²) in [5.74, 6) is 0. The summed E-state index contributed by atoms with van der Waals surface area (Å²) < 4.78 is 12.9. The van der Waals surface area contributed by atoms with Crippen molar-refractivity contribution in [1.29, 1.82) is 0 Å². The molecular formula is C48H29NO2. The lowest BCUT2D eigenvalue weighted by Gasteiger charge is -2.26. The van der Waals surface area contributed by atoms with Crippen LogP contribution in [0.1, 0.15) is 0 Å². The van der Waals surface area contributed by atoms with Gasteiger partial charge in [0.05, 0.1) is 11.1 Å². The number of rotatable bonds is 4. The Kier molecular flexibility index (Phi) is 5.96. The molecule has 3 nitrogen and oxygen atoms in total. The quantitative estimate of drug-likeness (QED) is 0.177. The van der Waals surface area contributed by atoms with Crippen molar-refractivity contribution in [2.24, 2.45) is 0 Å². The maximum absolute atomic E-state index is 6.66. The first kappa shape index (κ1) is 28.0. The largest absolute Gasteiger partial charge is 0.456 e. The lowest BCUT2D eigenvalue weighted by atomic mass is 9.93. The molecule has 0 spiro atoms. The third kappa shape index (κ3) is 4.25. The van der Waals surface area contributed by atoms with E-state index in [0.29, 0.717) is 0 Å². The fraction of sp³-hybridized carbons (Fsp3) is 0. The van der Waals surface area contributed by atoms with Gasteiger partial charge in [-0.1, -0.05) is 115 Å². The van der Waals surface area contributed by atoms with Crippen molar-refractivity contribution in [3.05, 3.63) is 176 Å². The minimum Gasteiger partial charge on any atom is -0.456 e. The highest BCUT2D eigenvalue weighted by atomic mass is 16.3. The van der Waals surface area contributed by atoms with Gasteiger partial charge < -0.3 is 13.7 Å². The highest BCUT2D eigenvalue weighted by Gasteiger charge is 2.22. The first-order chi connectivity index (χ1) is 25.3. The van der Waals surface area contributed by atoms with Crippen molar-refractivity contribution in [3.8, 4) is 11.1 Å². The first-order valence-corrected chi connectivity index (χ1v) is 17.3. The molecule has 0 unspecified atom stereocenters. The number of para-hydroxylation sites is 1. The van der Waals surface area contributed by atoms with Gasteiger partial charge in [-0.3, -0.25) is 0 Å². The molecule has 2 aromatic heterocycles. The van der Waals surface area contributed by atoms with Gasteiger partial charge in [0.25, 0.3) is 0 Å². The fourth-order valence-electron chi connectivity index (χ4n) is 8.08. The molecule has 0 bridgehead atoms. The second-order valence-corrected chi connectivity index (χ2v) is 13.3.